The Hall–Kier alpha value is -1.38. The van der Waals surface area contributed by atoms with Crippen molar-refractivity contribution in [1.82, 2.24) is 0 Å². The molecule has 0 bridgehead atoms. The van der Waals surface area contributed by atoms with Crippen LogP contribution in [-0.4, -0.2) is 63.7 Å². The van der Waals surface area contributed by atoms with E-state index in [4.69, 9.17) is 29.4 Å². The molecule has 1 aliphatic rings. The molecule has 0 amide bonds. The van der Waals surface area contributed by atoms with Gasteiger partial charge in [0.2, 0.25) is 6.29 Å². The molecule has 1 aliphatic heterocycles. The Morgan fingerprint density at radius 1 is 1.09 bits per heavy atom. The second-order valence-electron chi connectivity index (χ2n) is 5.08. The summed E-state index contributed by atoms with van der Waals surface area (Å²) in [6.45, 7) is 0.298. The number of rotatable bonds is 6. The third-order valence-corrected chi connectivity index (χ3v) is 3.62. The molecular formula is C15H23NO6. The van der Waals surface area contributed by atoms with Crippen molar-refractivity contribution >= 4 is 5.69 Å². The van der Waals surface area contributed by atoms with E-state index in [1.165, 1.54) is 14.2 Å². The largest absolute Gasteiger partial charge is 0.462 e. The predicted octanol–water partition coefficient (Wildman–Crippen LogP) is 0.410. The second kappa shape index (κ2) is 7.75. The van der Waals surface area contributed by atoms with Crippen LogP contribution in [0.1, 0.15) is 0 Å². The molecule has 0 aromatic heterocycles. The van der Waals surface area contributed by atoms with E-state index in [9.17, 15) is 5.11 Å². The monoisotopic (exact) mass is 313 g/mol. The normalized spacial score (nSPS) is 31.9. The predicted molar refractivity (Wildman–Crippen MR) is 79.6 cm³/mol. The van der Waals surface area contributed by atoms with Crippen LogP contribution in [-0.2, 0) is 18.9 Å². The number of methoxy groups -OCH3 is 3. The smallest absolute Gasteiger partial charge is 0.229 e. The number of anilines is 1. The van der Waals surface area contributed by atoms with Crippen molar-refractivity contribution in [2.24, 2.45) is 0 Å². The van der Waals surface area contributed by atoms with Crippen LogP contribution in [0.3, 0.4) is 0 Å². The average Bonchev–Trinajstić information content (AvgIpc) is 2.52. The van der Waals surface area contributed by atoms with Crippen LogP contribution in [0.25, 0.3) is 0 Å². The van der Waals surface area contributed by atoms with E-state index in [1.54, 1.807) is 31.4 Å². The first-order valence-electron chi connectivity index (χ1n) is 7.01. The lowest BCUT2D eigenvalue weighted by Gasteiger charge is -2.42. The maximum Gasteiger partial charge on any atom is 0.229 e. The molecular weight excluding hydrogens is 290 g/mol. The highest BCUT2D eigenvalue weighted by atomic mass is 16.7. The van der Waals surface area contributed by atoms with E-state index in [0.717, 1.165) is 0 Å². The summed E-state index contributed by atoms with van der Waals surface area (Å²) in [5, 5.41) is 10.4. The number of nitrogen functional groups attached to an aromatic ring is 1. The SMILES string of the molecule is COCC1OC(Oc2ccc(N)cc2)C(O)C(OC)C1OC. The zero-order valence-electron chi connectivity index (χ0n) is 13.0. The molecule has 5 unspecified atom stereocenters. The summed E-state index contributed by atoms with van der Waals surface area (Å²) < 4.78 is 27.4. The Labute approximate surface area is 129 Å². The topological polar surface area (TPSA) is 92.4 Å². The molecule has 1 saturated heterocycles. The van der Waals surface area contributed by atoms with E-state index in [0.29, 0.717) is 18.0 Å². The van der Waals surface area contributed by atoms with Gasteiger partial charge in [-0.3, -0.25) is 0 Å². The fourth-order valence-electron chi connectivity index (χ4n) is 2.53. The van der Waals surface area contributed by atoms with Gasteiger partial charge in [0.1, 0.15) is 30.2 Å². The van der Waals surface area contributed by atoms with Crippen molar-refractivity contribution in [2.45, 2.75) is 30.7 Å². The minimum atomic E-state index is -0.999. The second-order valence-corrected chi connectivity index (χ2v) is 5.08. The molecule has 22 heavy (non-hydrogen) atoms. The van der Waals surface area contributed by atoms with Gasteiger partial charge >= 0.3 is 0 Å². The van der Waals surface area contributed by atoms with Gasteiger partial charge in [0, 0.05) is 27.0 Å². The summed E-state index contributed by atoms with van der Waals surface area (Å²) in [5.41, 5.74) is 6.27. The van der Waals surface area contributed by atoms with Crippen LogP contribution in [0.2, 0.25) is 0 Å². The lowest BCUT2D eigenvalue weighted by Crippen LogP contribution is -2.61. The maximum absolute atomic E-state index is 10.4. The highest BCUT2D eigenvalue weighted by Gasteiger charge is 2.47. The van der Waals surface area contributed by atoms with E-state index in [-0.39, 0.29) is 0 Å². The lowest BCUT2D eigenvalue weighted by atomic mass is 9.98. The molecule has 7 heteroatoms. The van der Waals surface area contributed by atoms with Crippen molar-refractivity contribution in [2.75, 3.05) is 33.7 Å². The number of benzene rings is 1. The van der Waals surface area contributed by atoms with Gasteiger partial charge in [-0.05, 0) is 24.3 Å². The molecule has 0 spiro atoms. The molecule has 0 saturated carbocycles. The van der Waals surface area contributed by atoms with Gasteiger partial charge < -0.3 is 34.5 Å². The van der Waals surface area contributed by atoms with Gasteiger partial charge in [0.05, 0.1) is 6.61 Å². The number of nitrogens with two attached hydrogens (primary N) is 1. The molecule has 5 atom stereocenters. The number of aliphatic hydroxyl groups excluding tert-OH is 1. The van der Waals surface area contributed by atoms with E-state index < -0.39 is 30.7 Å². The number of aliphatic hydroxyl groups is 1. The lowest BCUT2D eigenvalue weighted by molar-refractivity contribution is -0.287. The van der Waals surface area contributed by atoms with Gasteiger partial charge in [-0.1, -0.05) is 0 Å². The van der Waals surface area contributed by atoms with Crippen LogP contribution in [0.5, 0.6) is 5.75 Å². The fourth-order valence-corrected chi connectivity index (χ4v) is 2.53. The molecule has 0 aliphatic carbocycles. The van der Waals surface area contributed by atoms with Crippen LogP contribution >= 0.6 is 0 Å². The molecule has 3 N–H and O–H groups in total. The number of ether oxygens (including phenoxy) is 5. The summed E-state index contributed by atoms with van der Waals surface area (Å²) in [6, 6.07) is 6.84. The Morgan fingerprint density at radius 3 is 2.27 bits per heavy atom. The minimum absolute atomic E-state index is 0.298. The van der Waals surface area contributed by atoms with Gasteiger partial charge in [-0.25, -0.2) is 0 Å². The highest BCUT2D eigenvalue weighted by Crippen LogP contribution is 2.27. The third kappa shape index (κ3) is 3.68. The standard InChI is InChI=1S/C15H23NO6/c1-18-8-11-13(19-2)14(20-3)12(17)15(22-11)21-10-6-4-9(16)5-7-10/h4-7,11-15,17H,8,16H2,1-3H3. The van der Waals surface area contributed by atoms with Gasteiger partial charge in [0.15, 0.2) is 0 Å². The summed E-state index contributed by atoms with van der Waals surface area (Å²) in [5.74, 6) is 0.542. The van der Waals surface area contributed by atoms with Crippen LogP contribution in [0.4, 0.5) is 5.69 Å². The van der Waals surface area contributed by atoms with E-state index in [2.05, 4.69) is 0 Å². The van der Waals surface area contributed by atoms with Crippen molar-refractivity contribution < 1.29 is 28.8 Å². The first-order valence-corrected chi connectivity index (χ1v) is 7.01. The fraction of sp³-hybridized carbons (Fsp3) is 0.600. The van der Waals surface area contributed by atoms with Crippen molar-refractivity contribution in [3.05, 3.63) is 24.3 Å². The Balaban J connectivity index is 2.14. The highest BCUT2D eigenvalue weighted by molar-refractivity contribution is 5.41. The number of hydrogen-bond acceptors (Lipinski definition) is 7. The van der Waals surface area contributed by atoms with Gasteiger partial charge in [-0.2, -0.15) is 0 Å². The van der Waals surface area contributed by atoms with Crippen molar-refractivity contribution in [3.8, 4) is 5.75 Å². The molecule has 1 fully saturated rings. The minimum Gasteiger partial charge on any atom is -0.462 e. The van der Waals surface area contributed by atoms with Crippen molar-refractivity contribution in [3.63, 3.8) is 0 Å². The van der Waals surface area contributed by atoms with Crippen LogP contribution < -0.4 is 10.5 Å². The van der Waals surface area contributed by atoms with Crippen LogP contribution in [0.15, 0.2) is 24.3 Å². The van der Waals surface area contributed by atoms with E-state index in [1.807, 2.05) is 0 Å². The molecule has 1 aromatic carbocycles. The van der Waals surface area contributed by atoms with Gasteiger partial charge in [0.25, 0.3) is 0 Å². The summed E-state index contributed by atoms with van der Waals surface area (Å²) in [7, 11) is 4.62. The third-order valence-electron chi connectivity index (χ3n) is 3.62. The number of hydrogen-bond donors (Lipinski definition) is 2. The Bertz CT molecular complexity index is 454. The van der Waals surface area contributed by atoms with Crippen molar-refractivity contribution in [1.29, 1.82) is 0 Å². The van der Waals surface area contributed by atoms with Crippen LogP contribution in [0, 0.1) is 0 Å². The molecule has 2 rings (SSSR count). The Morgan fingerprint density at radius 2 is 1.73 bits per heavy atom. The molecule has 124 valence electrons. The van der Waals surface area contributed by atoms with Gasteiger partial charge in [-0.15, -0.1) is 0 Å². The first kappa shape index (κ1) is 17.0. The molecule has 1 aromatic rings. The summed E-state index contributed by atoms with van der Waals surface area (Å²) in [4.78, 5) is 0. The molecule has 7 nitrogen and oxygen atoms in total. The maximum atomic E-state index is 10.4. The summed E-state index contributed by atoms with van der Waals surface area (Å²) in [6.07, 6.45) is -3.34. The molecule has 0 radical (unpaired) electrons. The quantitative estimate of drug-likeness (QED) is 0.735. The zero-order valence-corrected chi connectivity index (χ0v) is 13.0. The average molecular weight is 313 g/mol. The zero-order chi connectivity index (χ0) is 16.1. The first-order chi connectivity index (χ1) is 10.6. The summed E-state index contributed by atoms with van der Waals surface area (Å²) >= 11 is 0. The Kier molecular flexibility index (Phi) is 5.98. The molecule has 1 heterocycles. The van der Waals surface area contributed by atoms with E-state index >= 15 is 0 Å².